The van der Waals surface area contributed by atoms with Crippen LogP contribution in [0.2, 0.25) is 5.02 Å². The first kappa shape index (κ1) is 12.2. The third kappa shape index (κ3) is 3.14. The van der Waals surface area contributed by atoms with Crippen LogP contribution < -0.4 is 0 Å². The highest BCUT2D eigenvalue weighted by molar-refractivity contribution is 7.99. The maximum atomic E-state index is 9.96. The van der Waals surface area contributed by atoms with Gasteiger partial charge in [0, 0.05) is 23.7 Å². The number of hydrogen-bond acceptors (Lipinski definition) is 3. The Morgan fingerprint density at radius 2 is 2.00 bits per heavy atom. The van der Waals surface area contributed by atoms with Crippen LogP contribution in [0.5, 0.6) is 0 Å². The molecule has 1 aliphatic rings. The molecule has 88 valence electrons. The van der Waals surface area contributed by atoms with Gasteiger partial charge in [-0.3, -0.25) is 4.90 Å². The molecule has 0 radical (unpaired) electrons. The molecule has 0 aromatic heterocycles. The molecule has 0 spiro atoms. The molecule has 0 saturated carbocycles. The van der Waals surface area contributed by atoms with Crippen molar-refractivity contribution in [3.05, 3.63) is 29.3 Å². The van der Waals surface area contributed by atoms with Crippen molar-refractivity contribution in [2.45, 2.75) is 24.0 Å². The molecule has 0 aliphatic carbocycles. The maximum Gasteiger partial charge on any atom is 0.116 e. The number of rotatable bonds is 4. The van der Waals surface area contributed by atoms with Crippen LogP contribution in [-0.4, -0.2) is 35.1 Å². The zero-order valence-corrected chi connectivity index (χ0v) is 10.7. The standard InChI is InChI=1S/C12H16ClNOS/c13-10-5-1-2-6-11(10)16-9-12(15)14-7-3-4-8-14/h1-2,5-6,12,15H,3-4,7-9H2. The zero-order valence-electron chi connectivity index (χ0n) is 9.10. The summed E-state index contributed by atoms with van der Waals surface area (Å²) in [6.07, 6.45) is 2.06. The summed E-state index contributed by atoms with van der Waals surface area (Å²) in [6.45, 7) is 2.04. The molecule has 16 heavy (non-hydrogen) atoms. The molecular formula is C12H16ClNOS. The molecule has 0 bridgehead atoms. The molecule has 1 unspecified atom stereocenters. The van der Waals surface area contributed by atoms with Crippen LogP contribution in [0.25, 0.3) is 0 Å². The van der Waals surface area contributed by atoms with E-state index in [0.29, 0.717) is 5.75 Å². The Hall–Kier alpha value is -0.220. The largest absolute Gasteiger partial charge is 0.377 e. The Bertz CT molecular complexity index is 342. The molecule has 2 rings (SSSR count). The van der Waals surface area contributed by atoms with E-state index in [0.717, 1.165) is 23.0 Å². The minimum Gasteiger partial charge on any atom is -0.377 e. The van der Waals surface area contributed by atoms with Crippen molar-refractivity contribution in [1.82, 2.24) is 4.90 Å². The van der Waals surface area contributed by atoms with Crippen LogP contribution in [0, 0.1) is 0 Å². The Balaban J connectivity index is 1.84. The zero-order chi connectivity index (χ0) is 11.4. The average molecular weight is 258 g/mol. The third-order valence-corrected chi connectivity index (χ3v) is 4.36. The normalized spacial score (nSPS) is 18.9. The van der Waals surface area contributed by atoms with E-state index < -0.39 is 0 Å². The number of benzene rings is 1. The summed E-state index contributed by atoms with van der Waals surface area (Å²) < 4.78 is 0. The molecule has 4 heteroatoms. The van der Waals surface area contributed by atoms with Crippen molar-refractivity contribution in [2.24, 2.45) is 0 Å². The second kappa shape index (κ2) is 5.92. The van der Waals surface area contributed by atoms with E-state index in [1.807, 2.05) is 24.3 Å². The first-order valence-corrected chi connectivity index (χ1v) is 6.93. The molecule has 1 aliphatic heterocycles. The van der Waals surface area contributed by atoms with Gasteiger partial charge in [-0.2, -0.15) is 0 Å². The van der Waals surface area contributed by atoms with Gasteiger partial charge in [0.25, 0.3) is 0 Å². The first-order chi connectivity index (χ1) is 7.77. The number of nitrogens with zero attached hydrogens (tertiary/aromatic N) is 1. The van der Waals surface area contributed by atoms with Gasteiger partial charge in [0.05, 0.1) is 5.02 Å². The smallest absolute Gasteiger partial charge is 0.116 e. The van der Waals surface area contributed by atoms with E-state index in [4.69, 9.17) is 11.6 Å². The van der Waals surface area contributed by atoms with Crippen molar-refractivity contribution in [1.29, 1.82) is 0 Å². The number of thioether (sulfide) groups is 1. The van der Waals surface area contributed by atoms with Gasteiger partial charge in [-0.15, -0.1) is 11.8 Å². The van der Waals surface area contributed by atoms with E-state index in [-0.39, 0.29) is 6.23 Å². The second-order valence-electron chi connectivity index (χ2n) is 3.97. The summed E-state index contributed by atoms with van der Waals surface area (Å²) in [7, 11) is 0. The van der Waals surface area contributed by atoms with Gasteiger partial charge in [-0.1, -0.05) is 23.7 Å². The lowest BCUT2D eigenvalue weighted by Crippen LogP contribution is -2.34. The summed E-state index contributed by atoms with van der Waals surface area (Å²) in [5.41, 5.74) is 0. The first-order valence-electron chi connectivity index (χ1n) is 5.57. The highest BCUT2D eigenvalue weighted by Gasteiger charge is 2.19. The van der Waals surface area contributed by atoms with E-state index in [1.54, 1.807) is 11.8 Å². The van der Waals surface area contributed by atoms with Crippen LogP contribution >= 0.6 is 23.4 Å². The van der Waals surface area contributed by atoms with Gasteiger partial charge in [0.2, 0.25) is 0 Å². The lowest BCUT2D eigenvalue weighted by Gasteiger charge is -2.21. The lowest BCUT2D eigenvalue weighted by atomic mass is 10.4. The molecule has 1 fully saturated rings. The van der Waals surface area contributed by atoms with Crippen LogP contribution in [0.4, 0.5) is 0 Å². The average Bonchev–Trinajstić information content (AvgIpc) is 2.81. The van der Waals surface area contributed by atoms with E-state index in [9.17, 15) is 5.11 Å². The fourth-order valence-corrected chi connectivity index (χ4v) is 3.09. The minimum atomic E-state index is -0.344. The Morgan fingerprint density at radius 3 is 2.69 bits per heavy atom. The van der Waals surface area contributed by atoms with Crippen molar-refractivity contribution in [3.63, 3.8) is 0 Å². The van der Waals surface area contributed by atoms with Crippen molar-refractivity contribution in [2.75, 3.05) is 18.8 Å². The van der Waals surface area contributed by atoms with Gasteiger partial charge in [0.1, 0.15) is 6.23 Å². The Kier molecular flexibility index (Phi) is 4.53. The summed E-state index contributed by atoms with van der Waals surface area (Å²) >= 11 is 7.67. The Morgan fingerprint density at radius 1 is 1.31 bits per heavy atom. The van der Waals surface area contributed by atoms with Crippen molar-refractivity contribution in [3.8, 4) is 0 Å². The molecule has 1 saturated heterocycles. The molecule has 1 aromatic rings. The molecule has 1 aromatic carbocycles. The number of halogens is 1. The van der Waals surface area contributed by atoms with Crippen molar-refractivity contribution < 1.29 is 5.11 Å². The number of hydrogen-bond donors (Lipinski definition) is 1. The number of aliphatic hydroxyl groups is 1. The van der Waals surface area contributed by atoms with Crippen molar-refractivity contribution >= 4 is 23.4 Å². The predicted octanol–water partition coefficient (Wildman–Crippen LogP) is 2.85. The highest BCUT2D eigenvalue weighted by Crippen LogP contribution is 2.27. The van der Waals surface area contributed by atoms with Crippen LogP contribution in [0.15, 0.2) is 29.2 Å². The van der Waals surface area contributed by atoms with Gasteiger partial charge in [-0.05, 0) is 25.0 Å². The molecule has 1 heterocycles. The SMILES string of the molecule is OC(CSc1ccccc1Cl)N1CCCC1. The Labute approximate surface area is 106 Å². The molecule has 2 nitrogen and oxygen atoms in total. The molecule has 1 N–H and O–H groups in total. The van der Waals surface area contributed by atoms with E-state index in [2.05, 4.69) is 4.90 Å². The number of likely N-dealkylation sites (tertiary alicyclic amines) is 1. The van der Waals surface area contributed by atoms with Gasteiger partial charge >= 0.3 is 0 Å². The minimum absolute atomic E-state index is 0.344. The number of aliphatic hydroxyl groups excluding tert-OH is 1. The van der Waals surface area contributed by atoms with Crippen LogP contribution in [-0.2, 0) is 0 Å². The maximum absolute atomic E-state index is 9.96. The molecular weight excluding hydrogens is 242 g/mol. The summed E-state index contributed by atoms with van der Waals surface area (Å²) in [4.78, 5) is 3.17. The fourth-order valence-electron chi connectivity index (χ4n) is 1.87. The van der Waals surface area contributed by atoms with Crippen LogP contribution in [0.3, 0.4) is 0 Å². The summed E-state index contributed by atoms with van der Waals surface area (Å²) in [5, 5.41) is 10.7. The van der Waals surface area contributed by atoms with E-state index >= 15 is 0 Å². The molecule has 1 atom stereocenters. The quantitative estimate of drug-likeness (QED) is 0.839. The lowest BCUT2D eigenvalue weighted by molar-refractivity contribution is 0.0409. The third-order valence-electron chi connectivity index (χ3n) is 2.79. The topological polar surface area (TPSA) is 23.5 Å². The monoisotopic (exact) mass is 257 g/mol. The van der Waals surface area contributed by atoms with Crippen LogP contribution in [0.1, 0.15) is 12.8 Å². The molecule has 0 amide bonds. The second-order valence-corrected chi connectivity index (χ2v) is 5.43. The highest BCUT2D eigenvalue weighted by atomic mass is 35.5. The van der Waals surface area contributed by atoms with E-state index in [1.165, 1.54) is 12.8 Å². The van der Waals surface area contributed by atoms with Gasteiger partial charge in [0.15, 0.2) is 0 Å². The summed E-state index contributed by atoms with van der Waals surface area (Å²) in [6, 6.07) is 7.76. The van der Waals surface area contributed by atoms with Gasteiger partial charge < -0.3 is 5.11 Å². The van der Waals surface area contributed by atoms with Gasteiger partial charge in [-0.25, -0.2) is 0 Å². The fraction of sp³-hybridized carbons (Fsp3) is 0.500. The predicted molar refractivity (Wildman–Crippen MR) is 69.0 cm³/mol. The summed E-state index contributed by atoms with van der Waals surface area (Å²) in [5.74, 6) is 0.684.